The Morgan fingerprint density at radius 1 is 1.54 bits per heavy atom. The molecule has 0 spiro atoms. The molecule has 0 aliphatic carbocycles. The number of aromatic nitrogens is 1. The number of halogens is 1. The lowest BCUT2D eigenvalue weighted by Gasteiger charge is -2.13. The molecule has 0 amide bonds. The Morgan fingerprint density at radius 2 is 2.35 bits per heavy atom. The highest BCUT2D eigenvalue weighted by atomic mass is 19.1. The predicted molar refractivity (Wildman–Crippen MR) is 90.7 cm³/mol. The molecule has 1 atom stereocenters. The molecule has 2 N–H and O–H groups in total. The van der Waals surface area contributed by atoms with Crippen LogP contribution >= 0.6 is 0 Å². The van der Waals surface area contributed by atoms with Crippen LogP contribution in [0.1, 0.15) is 28.9 Å². The Kier molecular flexibility index (Phi) is 5.09. The first kappa shape index (κ1) is 17.8. The number of esters is 1. The van der Waals surface area contributed by atoms with E-state index in [4.69, 9.17) is 25.2 Å². The van der Waals surface area contributed by atoms with Crippen molar-refractivity contribution in [3.8, 4) is 17.5 Å². The van der Waals surface area contributed by atoms with E-state index in [1.165, 1.54) is 30.0 Å². The van der Waals surface area contributed by atoms with Crippen molar-refractivity contribution >= 4 is 11.7 Å². The van der Waals surface area contributed by atoms with Gasteiger partial charge in [0.25, 0.3) is 0 Å². The summed E-state index contributed by atoms with van der Waals surface area (Å²) in [5, 5.41) is 9.13. The minimum absolute atomic E-state index is 0.0153. The Labute approximate surface area is 149 Å². The van der Waals surface area contributed by atoms with E-state index in [1.807, 2.05) is 6.07 Å². The molecular weight excluding hydrogens is 341 g/mol. The fourth-order valence-corrected chi connectivity index (χ4v) is 2.83. The van der Waals surface area contributed by atoms with Crippen LogP contribution in [0.2, 0.25) is 0 Å². The maximum absolute atomic E-state index is 14.4. The highest BCUT2D eigenvalue weighted by Gasteiger charge is 2.22. The van der Waals surface area contributed by atoms with Crippen molar-refractivity contribution in [2.24, 2.45) is 0 Å². The summed E-state index contributed by atoms with van der Waals surface area (Å²) in [5.41, 5.74) is 6.21. The van der Waals surface area contributed by atoms with Crippen LogP contribution in [-0.2, 0) is 9.47 Å². The number of nitriles is 1. The standard InChI is InChI=1S/C18H18FN3O4/c1-24-18(23)17-16(21)11(8-20)9-22(17)12-4-5-15(14(19)7-12)26-10-13-3-2-6-25-13/h4-5,7,9,13H,2-3,6,10,21H2,1H3. The molecule has 1 aromatic carbocycles. The molecule has 136 valence electrons. The number of carbonyl (C=O) groups excluding carboxylic acids is 1. The maximum Gasteiger partial charge on any atom is 0.357 e. The normalized spacial score (nSPS) is 16.3. The second-order valence-corrected chi connectivity index (χ2v) is 5.84. The zero-order valence-electron chi connectivity index (χ0n) is 14.2. The van der Waals surface area contributed by atoms with E-state index in [9.17, 15) is 9.18 Å². The second kappa shape index (κ2) is 7.45. The second-order valence-electron chi connectivity index (χ2n) is 5.84. The number of hydrogen-bond acceptors (Lipinski definition) is 6. The summed E-state index contributed by atoms with van der Waals surface area (Å²) in [5.74, 6) is -1.23. The molecule has 1 unspecified atom stereocenters. The molecule has 3 rings (SSSR count). The minimum atomic E-state index is -0.719. The molecular formula is C18H18FN3O4. The van der Waals surface area contributed by atoms with Gasteiger partial charge in [-0.25, -0.2) is 9.18 Å². The lowest BCUT2D eigenvalue weighted by Crippen LogP contribution is -2.17. The summed E-state index contributed by atoms with van der Waals surface area (Å²) < 4.78 is 31.4. The van der Waals surface area contributed by atoms with Crippen LogP contribution < -0.4 is 10.5 Å². The van der Waals surface area contributed by atoms with Crippen LogP contribution in [0.4, 0.5) is 10.1 Å². The van der Waals surface area contributed by atoms with E-state index in [0.29, 0.717) is 12.3 Å². The number of nitrogen functional groups attached to an aromatic ring is 1. The van der Waals surface area contributed by atoms with Gasteiger partial charge < -0.3 is 24.5 Å². The molecule has 26 heavy (non-hydrogen) atoms. The third-order valence-corrected chi connectivity index (χ3v) is 4.19. The van der Waals surface area contributed by atoms with Crippen LogP contribution in [0.25, 0.3) is 5.69 Å². The molecule has 8 heteroatoms. The topological polar surface area (TPSA) is 99.5 Å². The monoisotopic (exact) mass is 359 g/mol. The smallest absolute Gasteiger partial charge is 0.357 e. The molecule has 1 aliphatic rings. The quantitative estimate of drug-likeness (QED) is 0.823. The number of anilines is 1. The lowest BCUT2D eigenvalue weighted by molar-refractivity contribution is 0.0593. The van der Waals surface area contributed by atoms with E-state index in [0.717, 1.165) is 12.8 Å². The maximum atomic E-state index is 14.4. The first-order valence-corrected chi connectivity index (χ1v) is 8.08. The molecule has 0 bridgehead atoms. The van der Waals surface area contributed by atoms with E-state index in [2.05, 4.69) is 0 Å². The van der Waals surface area contributed by atoms with Gasteiger partial charge in [-0.2, -0.15) is 5.26 Å². The van der Waals surface area contributed by atoms with Gasteiger partial charge in [0, 0.05) is 24.6 Å². The van der Waals surface area contributed by atoms with Gasteiger partial charge in [-0.3, -0.25) is 0 Å². The third-order valence-electron chi connectivity index (χ3n) is 4.19. The number of carbonyl (C=O) groups is 1. The number of ether oxygens (including phenoxy) is 3. The summed E-state index contributed by atoms with van der Waals surface area (Å²) in [7, 11) is 1.20. The van der Waals surface area contributed by atoms with Gasteiger partial charge in [-0.1, -0.05) is 0 Å². The minimum Gasteiger partial charge on any atom is -0.488 e. The van der Waals surface area contributed by atoms with Gasteiger partial charge in [-0.05, 0) is 25.0 Å². The van der Waals surface area contributed by atoms with Crippen LogP contribution in [0.5, 0.6) is 5.75 Å². The fourth-order valence-electron chi connectivity index (χ4n) is 2.83. The largest absolute Gasteiger partial charge is 0.488 e. The summed E-state index contributed by atoms with van der Waals surface area (Å²) in [4.78, 5) is 12.0. The predicted octanol–water partition coefficient (Wildman–Crippen LogP) is 2.41. The summed E-state index contributed by atoms with van der Waals surface area (Å²) >= 11 is 0. The van der Waals surface area contributed by atoms with E-state index in [-0.39, 0.29) is 35.4 Å². The van der Waals surface area contributed by atoms with Gasteiger partial charge in [0.2, 0.25) is 0 Å². The van der Waals surface area contributed by atoms with Crippen LogP contribution in [-0.4, -0.2) is 37.0 Å². The molecule has 1 saturated heterocycles. The Bertz CT molecular complexity index is 866. The van der Waals surface area contributed by atoms with Crippen molar-refractivity contribution < 1.29 is 23.4 Å². The van der Waals surface area contributed by atoms with Gasteiger partial charge in [-0.15, -0.1) is 0 Å². The molecule has 0 saturated carbocycles. The van der Waals surface area contributed by atoms with E-state index >= 15 is 0 Å². The number of methoxy groups -OCH3 is 1. The zero-order valence-corrected chi connectivity index (χ0v) is 14.2. The molecule has 0 radical (unpaired) electrons. The highest BCUT2D eigenvalue weighted by Crippen LogP contribution is 2.27. The van der Waals surface area contributed by atoms with Crippen LogP contribution in [0.15, 0.2) is 24.4 Å². The van der Waals surface area contributed by atoms with Gasteiger partial charge in [0.15, 0.2) is 17.3 Å². The highest BCUT2D eigenvalue weighted by molar-refractivity contribution is 5.95. The first-order chi connectivity index (χ1) is 12.5. The Balaban J connectivity index is 1.89. The molecule has 2 heterocycles. The number of benzene rings is 1. The Hall–Kier alpha value is -3.05. The van der Waals surface area contributed by atoms with Crippen LogP contribution in [0, 0.1) is 17.1 Å². The molecule has 1 fully saturated rings. The van der Waals surface area contributed by atoms with Crippen molar-refractivity contribution in [2.75, 3.05) is 26.1 Å². The first-order valence-electron chi connectivity index (χ1n) is 8.08. The lowest BCUT2D eigenvalue weighted by atomic mass is 10.2. The fraction of sp³-hybridized carbons (Fsp3) is 0.333. The average Bonchev–Trinajstić information content (AvgIpc) is 3.27. The third kappa shape index (κ3) is 3.34. The zero-order chi connectivity index (χ0) is 18.7. The average molecular weight is 359 g/mol. The number of rotatable bonds is 5. The van der Waals surface area contributed by atoms with Crippen LogP contribution in [0.3, 0.4) is 0 Å². The number of nitrogens with two attached hydrogens (primary N) is 1. The SMILES string of the molecule is COC(=O)c1c(N)c(C#N)cn1-c1ccc(OCC2CCCO2)c(F)c1. The molecule has 1 aromatic heterocycles. The summed E-state index contributed by atoms with van der Waals surface area (Å²) in [6.07, 6.45) is 3.20. The van der Waals surface area contributed by atoms with E-state index < -0.39 is 11.8 Å². The molecule has 1 aliphatic heterocycles. The van der Waals surface area contributed by atoms with Crippen molar-refractivity contribution in [1.82, 2.24) is 4.57 Å². The van der Waals surface area contributed by atoms with E-state index in [1.54, 1.807) is 6.07 Å². The molecule has 2 aromatic rings. The van der Waals surface area contributed by atoms with Gasteiger partial charge in [0.1, 0.15) is 12.7 Å². The number of nitrogens with zero attached hydrogens (tertiary/aromatic N) is 2. The van der Waals surface area contributed by atoms with Crippen molar-refractivity contribution in [1.29, 1.82) is 5.26 Å². The Morgan fingerprint density at radius 3 is 2.96 bits per heavy atom. The number of hydrogen-bond donors (Lipinski definition) is 1. The van der Waals surface area contributed by atoms with Crippen molar-refractivity contribution in [3.63, 3.8) is 0 Å². The van der Waals surface area contributed by atoms with Crippen molar-refractivity contribution in [3.05, 3.63) is 41.5 Å². The molecule has 7 nitrogen and oxygen atoms in total. The van der Waals surface area contributed by atoms with Gasteiger partial charge >= 0.3 is 5.97 Å². The van der Waals surface area contributed by atoms with Crippen molar-refractivity contribution in [2.45, 2.75) is 18.9 Å². The summed E-state index contributed by atoms with van der Waals surface area (Å²) in [6.45, 7) is 0.973. The van der Waals surface area contributed by atoms with Gasteiger partial charge in [0.05, 0.1) is 24.5 Å². The summed E-state index contributed by atoms with van der Waals surface area (Å²) in [6, 6.07) is 6.13.